The van der Waals surface area contributed by atoms with Gasteiger partial charge in [-0.15, -0.1) is 0 Å². The van der Waals surface area contributed by atoms with Gasteiger partial charge in [0.25, 0.3) is 5.91 Å². The molecule has 0 fully saturated rings. The molecule has 1 amide bonds. The van der Waals surface area contributed by atoms with Crippen LogP contribution in [-0.4, -0.2) is 18.5 Å². The molecule has 1 aliphatic rings. The molecule has 0 aromatic heterocycles. The fraction of sp³-hybridized carbons (Fsp3) is 0.231. The third kappa shape index (κ3) is 4.77. The monoisotopic (exact) mass is 399 g/mol. The smallest absolute Gasteiger partial charge is 0.338 e. The molecule has 152 valence electrons. The lowest BCUT2D eigenvalue weighted by Gasteiger charge is -2.26. The lowest BCUT2D eigenvalue weighted by atomic mass is 9.88. The van der Waals surface area contributed by atoms with E-state index in [0.717, 1.165) is 36.0 Å². The molecule has 4 rings (SSSR count). The van der Waals surface area contributed by atoms with E-state index in [1.54, 1.807) is 6.07 Å². The molecule has 4 heteroatoms. The van der Waals surface area contributed by atoms with Crippen molar-refractivity contribution in [2.45, 2.75) is 31.7 Å². The molecule has 0 saturated heterocycles. The molecule has 1 N–H and O–H groups in total. The fourth-order valence-electron chi connectivity index (χ4n) is 4.04. The molecule has 1 aliphatic carbocycles. The molecule has 30 heavy (non-hydrogen) atoms. The molecule has 0 spiro atoms. The molecule has 3 aromatic carbocycles. The van der Waals surface area contributed by atoms with Crippen molar-refractivity contribution in [3.05, 3.63) is 107 Å². The highest BCUT2D eigenvalue weighted by Gasteiger charge is 2.22. The average molecular weight is 399 g/mol. The van der Waals surface area contributed by atoms with Crippen LogP contribution in [0, 0.1) is 0 Å². The summed E-state index contributed by atoms with van der Waals surface area (Å²) in [5, 5.41) is 3.02. The number of carbonyl (C=O) groups excluding carboxylic acids is 2. The van der Waals surface area contributed by atoms with Gasteiger partial charge in [-0.05, 0) is 54.0 Å². The Hall–Kier alpha value is -3.40. The van der Waals surface area contributed by atoms with Gasteiger partial charge in [0, 0.05) is 0 Å². The number of amides is 1. The summed E-state index contributed by atoms with van der Waals surface area (Å²) in [6.07, 6.45) is 3.61. The molecule has 1 atom stereocenters. The predicted molar refractivity (Wildman–Crippen MR) is 116 cm³/mol. The standard InChI is InChI=1S/C26H25NO3/c28-25(27-24-16-8-13-20-11-4-6-14-22(20)24)18-30-26(29)23-15-7-5-12-21(23)17-19-9-2-1-3-10-19/h1-7,9-12,14-15,24H,8,13,16-18H2,(H,27,28). The van der Waals surface area contributed by atoms with Crippen LogP contribution in [0.25, 0.3) is 0 Å². The topological polar surface area (TPSA) is 55.4 Å². The van der Waals surface area contributed by atoms with Gasteiger partial charge >= 0.3 is 5.97 Å². The molecule has 0 bridgehead atoms. The van der Waals surface area contributed by atoms with Crippen LogP contribution >= 0.6 is 0 Å². The van der Waals surface area contributed by atoms with Gasteiger partial charge in [0.15, 0.2) is 6.61 Å². The van der Waals surface area contributed by atoms with Gasteiger partial charge in [0.05, 0.1) is 11.6 Å². The molecular weight excluding hydrogens is 374 g/mol. The van der Waals surface area contributed by atoms with E-state index < -0.39 is 5.97 Å². The lowest BCUT2D eigenvalue weighted by Crippen LogP contribution is -2.34. The maximum Gasteiger partial charge on any atom is 0.338 e. The van der Waals surface area contributed by atoms with Gasteiger partial charge in [-0.25, -0.2) is 4.79 Å². The van der Waals surface area contributed by atoms with Crippen molar-refractivity contribution in [2.75, 3.05) is 6.61 Å². The number of hydrogen-bond acceptors (Lipinski definition) is 3. The maximum atomic E-state index is 12.6. The summed E-state index contributed by atoms with van der Waals surface area (Å²) in [7, 11) is 0. The number of rotatable bonds is 6. The second kappa shape index (κ2) is 9.40. The summed E-state index contributed by atoms with van der Waals surface area (Å²) in [5.74, 6) is -0.744. The summed E-state index contributed by atoms with van der Waals surface area (Å²) in [5.41, 5.74) is 4.94. The van der Waals surface area contributed by atoms with Crippen LogP contribution in [0.5, 0.6) is 0 Å². The molecule has 0 radical (unpaired) electrons. The number of aryl methyl sites for hydroxylation is 1. The zero-order valence-corrected chi connectivity index (χ0v) is 16.8. The molecule has 0 saturated carbocycles. The van der Waals surface area contributed by atoms with Crippen molar-refractivity contribution >= 4 is 11.9 Å². The highest BCUT2D eigenvalue weighted by atomic mass is 16.5. The molecular formula is C26H25NO3. The third-order valence-electron chi connectivity index (χ3n) is 5.51. The first-order valence-electron chi connectivity index (χ1n) is 10.4. The van der Waals surface area contributed by atoms with Crippen LogP contribution in [0.2, 0.25) is 0 Å². The number of esters is 1. The Kier molecular flexibility index (Phi) is 6.23. The lowest BCUT2D eigenvalue weighted by molar-refractivity contribution is -0.125. The van der Waals surface area contributed by atoms with Crippen LogP contribution in [0.15, 0.2) is 78.9 Å². The van der Waals surface area contributed by atoms with Crippen molar-refractivity contribution in [2.24, 2.45) is 0 Å². The Morgan fingerprint density at radius 3 is 2.50 bits per heavy atom. The van der Waals surface area contributed by atoms with Crippen LogP contribution in [-0.2, 0) is 22.4 Å². The van der Waals surface area contributed by atoms with E-state index in [4.69, 9.17) is 4.74 Å². The van der Waals surface area contributed by atoms with Gasteiger partial charge in [0.2, 0.25) is 0 Å². The predicted octanol–water partition coefficient (Wildman–Crippen LogP) is 4.63. The summed E-state index contributed by atoms with van der Waals surface area (Å²) in [6, 6.07) is 25.5. The van der Waals surface area contributed by atoms with Crippen molar-refractivity contribution in [3.8, 4) is 0 Å². The van der Waals surface area contributed by atoms with Crippen LogP contribution in [0.3, 0.4) is 0 Å². The third-order valence-corrected chi connectivity index (χ3v) is 5.51. The second-order valence-electron chi connectivity index (χ2n) is 7.61. The van der Waals surface area contributed by atoms with Gasteiger partial charge in [0.1, 0.15) is 0 Å². The minimum absolute atomic E-state index is 0.0217. The number of hydrogen-bond donors (Lipinski definition) is 1. The summed E-state index contributed by atoms with van der Waals surface area (Å²) in [6.45, 7) is -0.281. The molecule has 0 heterocycles. The first kappa shape index (κ1) is 19.9. The number of ether oxygens (including phenoxy) is 1. The Balaban J connectivity index is 1.37. The summed E-state index contributed by atoms with van der Waals surface area (Å²) < 4.78 is 5.35. The zero-order chi connectivity index (χ0) is 20.8. The molecule has 4 nitrogen and oxygen atoms in total. The Morgan fingerprint density at radius 2 is 1.63 bits per heavy atom. The van der Waals surface area contributed by atoms with Crippen molar-refractivity contribution in [1.82, 2.24) is 5.32 Å². The number of nitrogens with one attached hydrogen (secondary N) is 1. The molecule has 0 aliphatic heterocycles. The minimum Gasteiger partial charge on any atom is -0.452 e. The van der Waals surface area contributed by atoms with Crippen molar-refractivity contribution in [3.63, 3.8) is 0 Å². The zero-order valence-electron chi connectivity index (χ0n) is 16.8. The van der Waals surface area contributed by atoms with Crippen molar-refractivity contribution in [1.29, 1.82) is 0 Å². The fourth-order valence-corrected chi connectivity index (χ4v) is 4.04. The van der Waals surface area contributed by atoms with E-state index in [1.165, 1.54) is 5.56 Å². The number of benzene rings is 3. The van der Waals surface area contributed by atoms with Gasteiger partial charge in [-0.1, -0.05) is 72.8 Å². The quantitative estimate of drug-likeness (QED) is 0.615. The highest BCUT2D eigenvalue weighted by molar-refractivity contribution is 5.93. The number of carbonyl (C=O) groups is 2. The average Bonchev–Trinajstić information content (AvgIpc) is 2.79. The van der Waals surface area contributed by atoms with Gasteiger partial charge in [-0.2, -0.15) is 0 Å². The Morgan fingerprint density at radius 1 is 0.900 bits per heavy atom. The van der Waals surface area contributed by atoms with Crippen molar-refractivity contribution < 1.29 is 14.3 Å². The normalized spacial score (nSPS) is 15.1. The van der Waals surface area contributed by atoms with Crippen LogP contribution < -0.4 is 5.32 Å². The van der Waals surface area contributed by atoms with E-state index in [0.29, 0.717) is 12.0 Å². The summed E-state index contributed by atoms with van der Waals surface area (Å²) >= 11 is 0. The SMILES string of the molecule is O=C(COC(=O)c1ccccc1Cc1ccccc1)NC1CCCc2ccccc21. The van der Waals surface area contributed by atoms with Gasteiger partial charge < -0.3 is 10.1 Å². The molecule has 3 aromatic rings. The molecule has 1 unspecified atom stereocenters. The van der Waals surface area contributed by atoms with E-state index in [1.807, 2.05) is 60.7 Å². The highest BCUT2D eigenvalue weighted by Crippen LogP contribution is 2.29. The van der Waals surface area contributed by atoms with E-state index in [-0.39, 0.29) is 18.6 Å². The van der Waals surface area contributed by atoms with Gasteiger partial charge in [-0.3, -0.25) is 4.79 Å². The Labute approximate surface area is 176 Å². The van der Waals surface area contributed by atoms with Crippen LogP contribution in [0.4, 0.5) is 0 Å². The van der Waals surface area contributed by atoms with E-state index in [2.05, 4.69) is 17.4 Å². The maximum absolute atomic E-state index is 12.6. The first-order valence-corrected chi connectivity index (χ1v) is 10.4. The first-order chi connectivity index (χ1) is 14.7. The van der Waals surface area contributed by atoms with E-state index >= 15 is 0 Å². The number of fused-ring (bicyclic) bond motifs is 1. The van der Waals surface area contributed by atoms with Crippen LogP contribution in [0.1, 0.15) is 51.5 Å². The minimum atomic E-state index is -0.472. The summed E-state index contributed by atoms with van der Waals surface area (Å²) in [4.78, 5) is 25.1. The largest absolute Gasteiger partial charge is 0.452 e. The Bertz CT molecular complexity index is 1030. The second-order valence-corrected chi connectivity index (χ2v) is 7.61. The van der Waals surface area contributed by atoms with E-state index in [9.17, 15) is 9.59 Å².